The summed E-state index contributed by atoms with van der Waals surface area (Å²) in [5, 5.41) is 4.35. The van der Waals surface area contributed by atoms with Gasteiger partial charge in [-0.15, -0.1) is 0 Å². The van der Waals surface area contributed by atoms with E-state index in [1.807, 2.05) is 30.3 Å². The maximum Gasteiger partial charge on any atom is 0.118 e. The first kappa shape index (κ1) is 15.9. The van der Waals surface area contributed by atoms with Gasteiger partial charge in [0.1, 0.15) is 5.75 Å². The van der Waals surface area contributed by atoms with E-state index in [1.54, 1.807) is 7.11 Å². The summed E-state index contributed by atoms with van der Waals surface area (Å²) in [4.78, 5) is 0. The molecule has 0 bridgehead atoms. The van der Waals surface area contributed by atoms with Crippen molar-refractivity contribution in [3.8, 4) is 5.75 Å². The molecule has 0 aliphatic carbocycles. The summed E-state index contributed by atoms with van der Waals surface area (Å²) in [6, 6.07) is 16.8. The molecule has 2 aromatic carbocycles. The second-order valence-corrected chi connectivity index (χ2v) is 5.58. The number of methoxy groups -OCH3 is 1. The maximum absolute atomic E-state index is 6.06. The molecule has 0 spiro atoms. The molecular formula is C18H22ClNO. The lowest BCUT2D eigenvalue weighted by atomic mass is 9.99. The van der Waals surface area contributed by atoms with Crippen LogP contribution in [0.25, 0.3) is 0 Å². The van der Waals surface area contributed by atoms with Gasteiger partial charge in [0.25, 0.3) is 0 Å². The van der Waals surface area contributed by atoms with E-state index in [1.165, 1.54) is 11.1 Å². The summed E-state index contributed by atoms with van der Waals surface area (Å²) in [6.45, 7) is 3.10. The Balaban J connectivity index is 2.04. The van der Waals surface area contributed by atoms with Crippen molar-refractivity contribution < 1.29 is 4.74 Å². The van der Waals surface area contributed by atoms with Crippen LogP contribution in [0, 0.1) is 0 Å². The van der Waals surface area contributed by atoms with Gasteiger partial charge < -0.3 is 10.1 Å². The van der Waals surface area contributed by atoms with Crippen molar-refractivity contribution in [1.29, 1.82) is 0 Å². The number of rotatable bonds is 7. The minimum Gasteiger partial charge on any atom is -0.497 e. The van der Waals surface area contributed by atoms with E-state index in [0.717, 1.165) is 30.2 Å². The highest BCUT2D eigenvalue weighted by atomic mass is 35.5. The zero-order valence-electron chi connectivity index (χ0n) is 12.6. The Kier molecular flexibility index (Phi) is 6.09. The average molecular weight is 304 g/mol. The van der Waals surface area contributed by atoms with Gasteiger partial charge in [-0.2, -0.15) is 0 Å². The zero-order chi connectivity index (χ0) is 15.1. The van der Waals surface area contributed by atoms with Crippen molar-refractivity contribution in [3.63, 3.8) is 0 Å². The van der Waals surface area contributed by atoms with Crippen LogP contribution in [0.5, 0.6) is 5.75 Å². The average Bonchev–Trinajstić information content (AvgIpc) is 2.48. The topological polar surface area (TPSA) is 21.3 Å². The van der Waals surface area contributed by atoms with Crippen LogP contribution in [0.4, 0.5) is 0 Å². The van der Waals surface area contributed by atoms with E-state index in [4.69, 9.17) is 16.3 Å². The summed E-state index contributed by atoms with van der Waals surface area (Å²) in [7, 11) is 1.69. The van der Waals surface area contributed by atoms with Crippen molar-refractivity contribution >= 4 is 11.6 Å². The van der Waals surface area contributed by atoms with Crippen molar-refractivity contribution in [2.45, 2.75) is 25.8 Å². The largest absolute Gasteiger partial charge is 0.497 e. The molecular weight excluding hydrogens is 282 g/mol. The van der Waals surface area contributed by atoms with Crippen molar-refractivity contribution in [3.05, 3.63) is 64.7 Å². The molecule has 0 aromatic heterocycles. The SMILES string of the molecule is CCNC(Cc1ccc(OC)cc1)Cc1cccc(Cl)c1. The number of ether oxygens (including phenoxy) is 1. The van der Waals surface area contributed by atoms with Gasteiger partial charge in [-0.3, -0.25) is 0 Å². The maximum atomic E-state index is 6.06. The number of benzene rings is 2. The first-order valence-corrected chi connectivity index (χ1v) is 7.69. The van der Waals surface area contributed by atoms with Crippen LogP contribution in [0.2, 0.25) is 5.02 Å². The molecule has 2 rings (SSSR count). The molecule has 2 aromatic rings. The van der Waals surface area contributed by atoms with Crippen LogP contribution in [0.3, 0.4) is 0 Å². The lowest BCUT2D eigenvalue weighted by Gasteiger charge is -2.18. The summed E-state index contributed by atoms with van der Waals surface area (Å²) in [5.41, 5.74) is 2.57. The number of likely N-dealkylation sites (N-methyl/N-ethyl adjacent to an activating group) is 1. The molecule has 0 heterocycles. The Morgan fingerprint density at radius 3 is 2.38 bits per heavy atom. The summed E-state index contributed by atoms with van der Waals surface area (Å²) in [5.74, 6) is 0.897. The van der Waals surface area contributed by atoms with Gasteiger partial charge >= 0.3 is 0 Å². The Morgan fingerprint density at radius 1 is 1.05 bits per heavy atom. The Labute approximate surface area is 132 Å². The predicted octanol–water partition coefficient (Wildman–Crippen LogP) is 4.11. The fourth-order valence-corrected chi connectivity index (χ4v) is 2.71. The van der Waals surface area contributed by atoms with E-state index < -0.39 is 0 Å². The molecule has 0 aliphatic heterocycles. The first-order valence-electron chi connectivity index (χ1n) is 7.32. The normalized spacial score (nSPS) is 12.1. The molecule has 1 atom stereocenters. The smallest absolute Gasteiger partial charge is 0.118 e. The number of halogens is 1. The Bertz CT molecular complexity index is 553. The lowest BCUT2D eigenvalue weighted by molar-refractivity contribution is 0.414. The van der Waals surface area contributed by atoms with E-state index in [-0.39, 0.29) is 0 Å². The van der Waals surface area contributed by atoms with Crippen LogP contribution >= 0.6 is 11.6 Å². The second-order valence-electron chi connectivity index (χ2n) is 5.14. The van der Waals surface area contributed by atoms with Gasteiger partial charge in [0.05, 0.1) is 7.11 Å². The number of nitrogens with one attached hydrogen (secondary N) is 1. The molecule has 3 heteroatoms. The Hall–Kier alpha value is -1.51. The van der Waals surface area contributed by atoms with Crippen molar-refractivity contribution in [2.75, 3.05) is 13.7 Å². The van der Waals surface area contributed by atoms with E-state index in [0.29, 0.717) is 6.04 Å². The molecule has 0 aliphatic rings. The molecule has 0 saturated carbocycles. The third-order valence-corrected chi connectivity index (χ3v) is 3.74. The summed E-state index contributed by atoms with van der Waals surface area (Å²) in [6.07, 6.45) is 1.96. The first-order chi connectivity index (χ1) is 10.2. The molecule has 1 unspecified atom stereocenters. The third kappa shape index (κ3) is 5.07. The van der Waals surface area contributed by atoms with Crippen LogP contribution < -0.4 is 10.1 Å². The fourth-order valence-electron chi connectivity index (χ4n) is 2.50. The molecule has 0 fully saturated rings. The molecule has 0 saturated heterocycles. The minimum atomic E-state index is 0.405. The highest BCUT2D eigenvalue weighted by Gasteiger charge is 2.10. The van der Waals surface area contributed by atoms with Gasteiger partial charge in [0.2, 0.25) is 0 Å². The monoisotopic (exact) mass is 303 g/mol. The molecule has 1 N–H and O–H groups in total. The lowest BCUT2D eigenvalue weighted by Crippen LogP contribution is -2.33. The molecule has 0 amide bonds. The van der Waals surface area contributed by atoms with Crippen molar-refractivity contribution in [2.24, 2.45) is 0 Å². The van der Waals surface area contributed by atoms with Crippen molar-refractivity contribution in [1.82, 2.24) is 5.32 Å². The standard InChI is InChI=1S/C18H22ClNO/c1-3-20-17(13-15-5-4-6-16(19)11-15)12-14-7-9-18(21-2)10-8-14/h4-11,17,20H,3,12-13H2,1-2H3. The minimum absolute atomic E-state index is 0.405. The van der Waals surface area contributed by atoms with Gasteiger partial charge in [0, 0.05) is 11.1 Å². The molecule has 21 heavy (non-hydrogen) atoms. The molecule has 0 radical (unpaired) electrons. The van der Waals surface area contributed by atoms with E-state index >= 15 is 0 Å². The van der Waals surface area contributed by atoms with Gasteiger partial charge in [0.15, 0.2) is 0 Å². The van der Waals surface area contributed by atoms with E-state index in [9.17, 15) is 0 Å². The molecule has 2 nitrogen and oxygen atoms in total. The van der Waals surface area contributed by atoms with Crippen LogP contribution in [0.15, 0.2) is 48.5 Å². The van der Waals surface area contributed by atoms with Gasteiger partial charge in [-0.25, -0.2) is 0 Å². The highest BCUT2D eigenvalue weighted by Crippen LogP contribution is 2.16. The number of hydrogen-bond donors (Lipinski definition) is 1. The van der Waals surface area contributed by atoms with Gasteiger partial charge in [-0.1, -0.05) is 42.8 Å². The van der Waals surface area contributed by atoms with Crippen LogP contribution in [-0.4, -0.2) is 19.7 Å². The Morgan fingerprint density at radius 2 is 1.76 bits per heavy atom. The summed E-state index contributed by atoms with van der Waals surface area (Å²) < 4.78 is 5.20. The predicted molar refractivity (Wildman–Crippen MR) is 89.3 cm³/mol. The number of hydrogen-bond acceptors (Lipinski definition) is 2. The highest BCUT2D eigenvalue weighted by molar-refractivity contribution is 6.30. The van der Waals surface area contributed by atoms with Crippen LogP contribution in [-0.2, 0) is 12.8 Å². The van der Waals surface area contributed by atoms with Crippen LogP contribution in [0.1, 0.15) is 18.1 Å². The van der Waals surface area contributed by atoms with E-state index in [2.05, 4.69) is 30.4 Å². The third-order valence-electron chi connectivity index (χ3n) is 3.51. The quantitative estimate of drug-likeness (QED) is 0.831. The van der Waals surface area contributed by atoms with Gasteiger partial charge in [-0.05, 0) is 54.8 Å². The summed E-state index contributed by atoms with van der Waals surface area (Å²) >= 11 is 6.06. The zero-order valence-corrected chi connectivity index (χ0v) is 13.4. The fraction of sp³-hybridized carbons (Fsp3) is 0.333. The second kappa shape index (κ2) is 8.06. The molecule has 112 valence electrons.